The molecule has 2 aromatic rings. The van der Waals surface area contributed by atoms with Gasteiger partial charge in [0.05, 0.1) is 48.7 Å². The summed E-state index contributed by atoms with van der Waals surface area (Å²) >= 11 is 0. The second-order valence-electron chi connectivity index (χ2n) is 8.21. The molecular weight excluding hydrogens is 512 g/mol. The maximum atomic E-state index is 12.3. The highest BCUT2D eigenvalue weighted by atomic mass is 16.5. The van der Waals surface area contributed by atoms with Crippen LogP contribution < -0.4 is 0 Å². The van der Waals surface area contributed by atoms with Gasteiger partial charge in [0.15, 0.2) is 0 Å². The summed E-state index contributed by atoms with van der Waals surface area (Å²) in [6, 6.07) is 9.48. The first-order valence-electron chi connectivity index (χ1n) is 13.3. The van der Waals surface area contributed by atoms with Crippen LogP contribution in [0.5, 0.6) is 0 Å². The van der Waals surface area contributed by atoms with Gasteiger partial charge in [0.2, 0.25) is 0 Å². The van der Waals surface area contributed by atoms with Crippen molar-refractivity contribution < 1.29 is 38.1 Å². The Bertz CT molecular complexity index is 1230. The molecule has 0 spiro atoms. The predicted molar refractivity (Wildman–Crippen MR) is 149 cm³/mol. The second kappa shape index (κ2) is 17.1. The summed E-state index contributed by atoms with van der Waals surface area (Å²) in [7, 11) is 0. The van der Waals surface area contributed by atoms with Gasteiger partial charge in [0, 0.05) is 24.0 Å². The molecule has 8 heteroatoms. The van der Waals surface area contributed by atoms with Crippen LogP contribution in [0.3, 0.4) is 0 Å². The maximum Gasteiger partial charge on any atom is 0.339 e. The number of hydrogen-bond donors (Lipinski definition) is 0. The first-order valence-corrected chi connectivity index (χ1v) is 13.3. The zero-order valence-corrected chi connectivity index (χ0v) is 23.4. The van der Waals surface area contributed by atoms with E-state index in [1.807, 2.05) is 0 Å². The molecule has 0 bridgehead atoms. The summed E-state index contributed by atoms with van der Waals surface area (Å²) in [4.78, 5) is 49.0. The number of carbonyl (C=O) groups is 4. The van der Waals surface area contributed by atoms with E-state index in [0.29, 0.717) is 24.0 Å². The van der Waals surface area contributed by atoms with Crippen molar-refractivity contribution in [2.75, 3.05) is 26.4 Å². The molecular formula is C32H34O8. The fourth-order valence-electron chi connectivity index (χ4n) is 3.53. The number of hydrogen-bond acceptors (Lipinski definition) is 8. The van der Waals surface area contributed by atoms with E-state index < -0.39 is 23.9 Å². The van der Waals surface area contributed by atoms with Gasteiger partial charge in [-0.2, -0.15) is 0 Å². The number of esters is 4. The number of unbranched alkanes of at least 4 members (excludes halogenated alkanes) is 3. The SMILES string of the molecule is CCOC(=O)c1ccc(C#CCCCCC#Cc2ccc(C(=O)OCC)c(C(=O)OCC)c2)cc1C(=O)OCC. The maximum absolute atomic E-state index is 12.3. The molecule has 0 saturated heterocycles. The van der Waals surface area contributed by atoms with Crippen molar-refractivity contribution in [3.63, 3.8) is 0 Å². The van der Waals surface area contributed by atoms with E-state index in [0.717, 1.165) is 12.8 Å². The Morgan fingerprint density at radius 3 is 1.18 bits per heavy atom. The molecule has 0 aromatic heterocycles. The molecule has 0 amide bonds. The molecule has 0 atom stereocenters. The molecule has 2 rings (SSSR count). The van der Waals surface area contributed by atoms with E-state index in [1.165, 1.54) is 12.1 Å². The molecule has 0 aliphatic heterocycles. The van der Waals surface area contributed by atoms with E-state index in [1.54, 1.807) is 52.0 Å². The highest BCUT2D eigenvalue weighted by Gasteiger charge is 2.20. The van der Waals surface area contributed by atoms with Gasteiger partial charge in [-0.05, 0) is 76.9 Å². The largest absolute Gasteiger partial charge is 0.462 e. The Hall–Kier alpha value is -4.56. The van der Waals surface area contributed by atoms with Crippen molar-refractivity contribution in [1.82, 2.24) is 0 Å². The minimum absolute atomic E-state index is 0.128. The lowest BCUT2D eigenvalue weighted by Crippen LogP contribution is -2.14. The smallest absolute Gasteiger partial charge is 0.339 e. The lowest BCUT2D eigenvalue weighted by atomic mass is 10.0. The molecule has 0 N–H and O–H groups in total. The average Bonchev–Trinajstić information content (AvgIpc) is 2.94. The van der Waals surface area contributed by atoms with Crippen LogP contribution in [0.25, 0.3) is 0 Å². The molecule has 0 unspecified atom stereocenters. The fraction of sp³-hybridized carbons (Fsp3) is 0.375. The van der Waals surface area contributed by atoms with E-state index >= 15 is 0 Å². The van der Waals surface area contributed by atoms with Crippen LogP contribution >= 0.6 is 0 Å². The van der Waals surface area contributed by atoms with Crippen LogP contribution in [0, 0.1) is 23.7 Å². The van der Waals surface area contributed by atoms with E-state index in [-0.39, 0.29) is 48.7 Å². The number of benzene rings is 2. The van der Waals surface area contributed by atoms with Gasteiger partial charge in [-0.1, -0.05) is 23.7 Å². The van der Waals surface area contributed by atoms with Gasteiger partial charge in [0.1, 0.15) is 0 Å². The predicted octanol–water partition coefficient (Wildman–Crippen LogP) is 5.36. The summed E-state index contributed by atoms with van der Waals surface area (Å²) in [5.74, 6) is 9.83. The van der Waals surface area contributed by atoms with Crippen molar-refractivity contribution in [2.45, 2.75) is 53.4 Å². The molecule has 8 nitrogen and oxygen atoms in total. The van der Waals surface area contributed by atoms with Crippen molar-refractivity contribution in [2.24, 2.45) is 0 Å². The van der Waals surface area contributed by atoms with Crippen molar-refractivity contribution in [3.05, 3.63) is 69.8 Å². The summed E-state index contributed by atoms with van der Waals surface area (Å²) in [6.07, 6.45) is 2.86. The summed E-state index contributed by atoms with van der Waals surface area (Å²) in [5, 5.41) is 0. The zero-order valence-electron chi connectivity index (χ0n) is 23.4. The fourth-order valence-corrected chi connectivity index (χ4v) is 3.53. The summed E-state index contributed by atoms with van der Waals surface area (Å²) < 4.78 is 20.2. The minimum atomic E-state index is -0.599. The first-order chi connectivity index (χ1) is 19.4. The minimum Gasteiger partial charge on any atom is -0.462 e. The quantitative estimate of drug-likeness (QED) is 0.161. The van der Waals surface area contributed by atoms with Crippen LogP contribution in [0.1, 0.15) is 106 Å². The molecule has 2 aromatic carbocycles. The lowest BCUT2D eigenvalue weighted by Gasteiger charge is -2.08. The highest BCUT2D eigenvalue weighted by molar-refractivity contribution is 6.04. The number of carbonyl (C=O) groups excluding carboxylic acids is 4. The topological polar surface area (TPSA) is 105 Å². The van der Waals surface area contributed by atoms with Gasteiger partial charge in [-0.3, -0.25) is 0 Å². The van der Waals surface area contributed by atoms with Crippen molar-refractivity contribution in [1.29, 1.82) is 0 Å². The van der Waals surface area contributed by atoms with Crippen LogP contribution in [0.15, 0.2) is 36.4 Å². The Kier molecular flexibility index (Phi) is 13.5. The Balaban J connectivity index is 1.99. The molecule has 210 valence electrons. The average molecular weight is 547 g/mol. The highest BCUT2D eigenvalue weighted by Crippen LogP contribution is 2.16. The lowest BCUT2D eigenvalue weighted by molar-refractivity contribution is 0.0479. The van der Waals surface area contributed by atoms with Gasteiger partial charge < -0.3 is 18.9 Å². The van der Waals surface area contributed by atoms with E-state index in [4.69, 9.17) is 18.9 Å². The van der Waals surface area contributed by atoms with E-state index in [2.05, 4.69) is 23.7 Å². The zero-order chi connectivity index (χ0) is 29.3. The Labute approximate surface area is 235 Å². The molecule has 40 heavy (non-hydrogen) atoms. The Morgan fingerprint density at radius 2 is 0.850 bits per heavy atom. The first kappa shape index (κ1) is 31.7. The Morgan fingerprint density at radius 1 is 0.525 bits per heavy atom. The van der Waals surface area contributed by atoms with Gasteiger partial charge in [-0.15, -0.1) is 0 Å². The van der Waals surface area contributed by atoms with Crippen LogP contribution in [0.2, 0.25) is 0 Å². The summed E-state index contributed by atoms with van der Waals surface area (Å²) in [6.45, 7) is 7.54. The molecule has 0 saturated carbocycles. The third-order valence-electron chi connectivity index (χ3n) is 5.34. The van der Waals surface area contributed by atoms with Crippen LogP contribution in [-0.4, -0.2) is 50.3 Å². The third kappa shape index (κ3) is 9.63. The van der Waals surface area contributed by atoms with Crippen molar-refractivity contribution in [3.8, 4) is 23.7 Å². The standard InChI is InChI=1S/C32H34O8/c1-5-37-29(33)25-19-17-23(21-27(25)31(35)39-7-3)15-13-11-9-10-12-14-16-24-18-20-26(30(34)38-6-2)28(22-24)32(36)40-8-4/h17-22H,5-12H2,1-4H3. The second-order valence-corrected chi connectivity index (χ2v) is 8.21. The van der Waals surface area contributed by atoms with Crippen LogP contribution in [0.4, 0.5) is 0 Å². The van der Waals surface area contributed by atoms with Gasteiger partial charge in [-0.25, -0.2) is 19.2 Å². The third-order valence-corrected chi connectivity index (χ3v) is 5.34. The number of ether oxygens (including phenoxy) is 4. The monoisotopic (exact) mass is 546 g/mol. The molecule has 0 aliphatic carbocycles. The number of rotatable bonds is 11. The molecule has 0 radical (unpaired) electrons. The summed E-state index contributed by atoms with van der Waals surface area (Å²) in [5.41, 5.74) is 1.75. The molecule has 0 aliphatic rings. The van der Waals surface area contributed by atoms with Gasteiger partial charge in [0.25, 0.3) is 0 Å². The van der Waals surface area contributed by atoms with Gasteiger partial charge >= 0.3 is 23.9 Å². The van der Waals surface area contributed by atoms with Crippen LogP contribution in [-0.2, 0) is 18.9 Å². The van der Waals surface area contributed by atoms with E-state index in [9.17, 15) is 19.2 Å². The van der Waals surface area contributed by atoms with Crippen molar-refractivity contribution >= 4 is 23.9 Å². The normalized spacial score (nSPS) is 9.80. The molecule has 0 heterocycles. The molecule has 0 fully saturated rings.